The number of sulfonamides is 1. The summed E-state index contributed by atoms with van der Waals surface area (Å²) in [5.74, 6) is -0.102. The van der Waals surface area contributed by atoms with Crippen LogP contribution in [0, 0.1) is 10.1 Å². The predicted octanol–water partition coefficient (Wildman–Crippen LogP) is 2.47. The number of anilines is 2. The van der Waals surface area contributed by atoms with Gasteiger partial charge in [-0.25, -0.2) is 13.6 Å². The van der Waals surface area contributed by atoms with E-state index in [-0.39, 0.29) is 16.5 Å². The number of carbonyl (C=O) groups is 1. The number of primary sulfonamides is 1. The summed E-state index contributed by atoms with van der Waals surface area (Å²) in [6, 6.07) is 9.83. The number of nitro groups is 1. The van der Waals surface area contributed by atoms with E-state index in [0.29, 0.717) is 24.3 Å². The number of nitrogens with one attached hydrogen (secondary N) is 1. The topological polar surface area (TPSA) is 136 Å². The highest BCUT2D eigenvalue weighted by Gasteiger charge is 2.19. The minimum atomic E-state index is -4.05. The van der Waals surface area contributed by atoms with Gasteiger partial charge in [0.2, 0.25) is 10.0 Å². The zero-order valence-corrected chi connectivity index (χ0v) is 15.7. The number of nitrogens with zero attached hydrogens (tertiary/aromatic N) is 2. The van der Waals surface area contributed by atoms with E-state index >= 15 is 0 Å². The van der Waals surface area contributed by atoms with E-state index in [1.165, 1.54) is 12.1 Å². The molecule has 0 fully saturated rings. The molecule has 0 saturated heterocycles. The van der Waals surface area contributed by atoms with Crippen molar-refractivity contribution in [3.8, 4) is 0 Å². The zero-order valence-electron chi connectivity index (χ0n) is 14.9. The third-order valence-corrected chi connectivity index (χ3v) is 4.87. The van der Waals surface area contributed by atoms with Crippen molar-refractivity contribution in [2.24, 2.45) is 5.14 Å². The summed E-state index contributed by atoms with van der Waals surface area (Å²) in [6.07, 6.45) is 0. The maximum absolute atomic E-state index is 12.3. The Morgan fingerprint density at radius 2 is 1.74 bits per heavy atom. The Hall–Kier alpha value is -2.98. The van der Waals surface area contributed by atoms with Gasteiger partial charge < -0.3 is 10.2 Å². The van der Waals surface area contributed by atoms with Crippen LogP contribution in [0.3, 0.4) is 0 Å². The molecule has 144 valence electrons. The molecule has 27 heavy (non-hydrogen) atoms. The fourth-order valence-corrected chi connectivity index (χ4v) is 3.02. The van der Waals surface area contributed by atoms with Gasteiger partial charge in [0.1, 0.15) is 5.69 Å². The second kappa shape index (κ2) is 8.14. The molecule has 2 aromatic rings. The van der Waals surface area contributed by atoms with Crippen molar-refractivity contribution in [2.75, 3.05) is 18.4 Å². The van der Waals surface area contributed by atoms with Gasteiger partial charge in [0.05, 0.1) is 9.82 Å². The number of hydrogen-bond donors (Lipinski definition) is 2. The molecule has 0 saturated carbocycles. The SMILES string of the molecule is CCN(CC)C(=O)c1ccc(Nc2ccc(S(N)(=O)=O)cc2[N+](=O)[O-])cc1. The summed E-state index contributed by atoms with van der Waals surface area (Å²) < 4.78 is 22.8. The third-order valence-electron chi connectivity index (χ3n) is 3.96. The van der Waals surface area contributed by atoms with Crippen molar-refractivity contribution in [1.82, 2.24) is 4.90 Å². The molecular formula is C17H20N4O5S. The Bertz CT molecular complexity index is 954. The van der Waals surface area contributed by atoms with Crippen molar-refractivity contribution in [3.63, 3.8) is 0 Å². The van der Waals surface area contributed by atoms with Crippen LogP contribution < -0.4 is 10.5 Å². The number of amides is 1. The van der Waals surface area contributed by atoms with E-state index in [0.717, 1.165) is 6.07 Å². The van der Waals surface area contributed by atoms with Crippen LogP contribution in [0.2, 0.25) is 0 Å². The fraction of sp³-hybridized carbons (Fsp3) is 0.235. The quantitative estimate of drug-likeness (QED) is 0.549. The molecule has 9 nitrogen and oxygen atoms in total. The number of nitro benzene ring substituents is 1. The van der Waals surface area contributed by atoms with Crippen LogP contribution in [0.5, 0.6) is 0 Å². The minimum Gasteiger partial charge on any atom is -0.350 e. The van der Waals surface area contributed by atoms with E-state index in [2.05, 4.69) is 5.32 Å². The summed E-state index contributed by atoms with van der Waals surface area (Å²) in [7, 11) is -4.05. The first-order valence-electron chi connectivity index (χ1n) is 8.15. The summed E-state index contributed by atoms with van der Waals surface area (Å²) in [4.78, 5) is 24.2. The van der Waals surface area contributed by atoms with Crippen LogP contribution in [0.15, 0.2) is 47.4 Å². The number of rotatable bonds is 7. The Morgan fingerprint density at radius 1 is 1.15 bits per heavy atom. The normalized spacial score (nSPS) is 11.1. The molecule has 0 heterocycles. The van der Waals surface area contributed by atoms with Gasteiger partial charge in [-0.15, -0.1) is 0 Å². The maximum atomic E-state index is 12.3. The Labute approximate surface area is 157 Å². The van der Waals surface area contributed by atoms with Crippen LogP contribution in [0.1, 0.15) is 24.2 Å². The van der Waals surface area contributed by atoms with Gasteiger partial charge in [0.25, 0.3) is 11.6 Å². The summed E-state index contributed by atoms with van der Waals surface area (Å²) in [5.41, 5.74) is 0.695. The van der Waals surface area contributed by atoms with E-state index in [4.69, 9.17) is 5.14 Å². The average Bonchev–Trinajstić information content (AvgIpc) is 2.62. The van der Waals surface area contributed by atoms with Crippen molar-refractivity contribution >= 4 is 33.0 Å². The molecule has 0 aromatic heterocycles. The average molecular weight is 392 g/mol. The molecule has 10 heteroatoms. The van der Waals surface area contributed by atoms with Gasteiger partial charge in [-0.05, 0) is 50.2 Å². The number of hydrogen-bond acceptors (Lipinski definition) is 6. The number of carbonyl (C=O) groups excluding carboxylic acids is 1. The Morgan fingerprint density at radius 3 is 2.22 bits per heavy atom. The first-order valence-corrected chi connectivity index (χ1v) is 9.69. The molecule has 0 aliphatic rings. The Kier molecular flexibility index (Phi) is 6.13. The highest BCUT2D eigenvalue weighted by Crippen LogP contribution is 2.30. The summed E-state index contributed by atoms with van der Waals surface area (Å²) in [6.45, 7) is 4.97. The molecule has 0 aliphatic heterocycles. The van der Waals surface area contributed by atoms with E-state index in [1.54, 1.807) is 29.2 Å². The smallest absolute Gasteiger partial charge is 0.294 e. The van der Waals surface area contributed by atoms with E-state index in [9.17, 15) is 23.3 Å². The number of benzene rings is 2. The van der Waals surface area contributed by atoms with Crippen LogP contribution in [-0.4, -0.2) is 37.2 Å². The highest BCUT2D eigenvalue weighted by molar-refractivity contribution is 7.89. The third kappa shape index (κ3) is 4.80. The first-order chi connectivity index (χ1) is 12.7. The van der Waals surface area contributed by atoms with Gasteiger partial charge in [-0.1, -0.05) is 0 Å². The molecule has 2 aromatic carbocycles. The fourth-order valence-electron chi connectivity index (χ4n) is 2.49. The van der Waals surface area contributed by atoms with Crippen molar-refractivity contribution in [1.29, 1.82) is 0 Å². The summed E-state index contributed by atoms with van der Waals surface area (Å²) >= 11 is 0. The first kappa shape index (κ1) is 20.3. The molecule has 0 radical (unpaired) electrons. The molecule has 0 aliphatic carbocycles. The highest BCUT2D eigenvalue weighted by atomic mass is 32.2. The monoisotopic (exact) mass is 392 g/mol. The van der Waals surface area contributed by atoms with E-state index in [1.807, 2.05) is 13.8 Å². The lowest BCUT2D eigenvalue weighted by Gasteiger charge is -2.18. The Balaban J connectivity index is 2.29. The lowest BCUT2D eigenvalue weighted by Crippen LogP contribution is -2.30. The molecule has 2 rings (SSSR count). The van der Waals surface area contributed by atoms with Gasteiger partial charge in [0, 0.05) is 30.4 Å². The molecule has 3 N–H and O–H groups in total. The molecule has 0 unspecified atom stereocenters. The second-order valence-electron chi connectivity index (χ2n) is 5.66. The standard InChI is InChI=1S/C17H20N4O5S/c1-3-20(4-2)17(22)12-5-7-13(8-6-12)19-15-10-9-14(27(18,25)26)11-16(15)21(23)24/h5-11,19H,3-4H2,1-2H3,(H2,18,25,26). The molecule has 0 bridgehead atoms. The maximum Gasteiger partial charge on any atom is 0.294 e. The van der Waals surface area contributed by atoms with Crippen molar-refractivity contribution in [3.05, 3.63) is 58.1 Å². The summed E-state index contributed by atoms with van der Waals surface area (Å²) in [5, 5.41) is 19.1. The zero-order chi connectivity index (χ0) is 20.2. The van der Waals surface area contributed by atoms with Crippen LogP contribution >= 0.6 is 0 Å². The lowest BCUT2D eigenvalue weighted by molar-refractivity contribution is -0.384. The predicted molar refractivity (Wildman–Crippen MR) is 101 cm³/mol. The minimum absolute atomic E-state index is 0.102. The van der Waals surface area contributed by atoms with Crippen molar-refractivity contribution in [2.45, 2.75) is 18.7 Å². The molecule has 0 atom stereocenters. The van der Waals surface area contributed by atoms with Gasteiger partial charge in [-0.3, -0.25) is 14.9 Å². The van der Waals surface area contributed by atoms with Gasteiger partial charge in [-0.2, -0.15) is 0 Å². The van der Waals surface area contributed by atoms with Gasteiger partial charge >= 0.3 is 0 Å². The molecule has 0 spiro atoms. The molecular weight excluding hydrogens is 372 g/mol. The van der Waals surface area contributed by atoms with Crippen LogP contribution in [0.4, 0.5) is 17.1 Å². The second-order valence-corrected chi connectivity index (χ2v) is 7.22. The molecule has 1 amide bonds. The van der Waals surface area contributed by atoms with Crippen LogP contribution in [-0.2, 0) is 10.0 Å². The van der Waals surface area contributed by atoms with Gasteiger partial charge in [0.15, 0.2) is 0 Å². The van der Waals surface area contributed by atoms with Crippen LogP contribution in [0.25, 0.3) is 0 Å². The number of nitrogens with two attached hydrogens (primary N) is 1. The largest absolute Gasteiger partial charge is 0.350 e. The van der Waals surface area contributed by atoms with E-state index < -0.39 is 20.6 Å². The van der Waals surface area contributed by atoms with Crippen molar-refractivity contribution < 1.29 is 18.1 Å². The lowest BCUT2D eigenvalue weighted by atomic mass is 10.1.